The number of aromatic amines is 1. The Labute approximate surface area is 153 Å². The minimum Gasteiger partial charge on any atom is -0.454 e. The Hall–Kier alpha value is -2.69. The Morgan fingerprint density at radius 1 is 1.12 bits per heavy atom. The molecular weight excluding hydrogens is 330 g/mol. The molecule has 0 aliphatic heterocycles. The van der Waals surface area contributed by atoms with E-state index in [1.165, 1.54) is 6.92 Å². The average molecular weight is 355 g/mol. The number of nitrogens with one attached hydrogen (secondary N) is 1. The minimum absolute atomic E-state index is 0.102. The van der Waals surface area contributed by atoms with Crippen LogP contribution < -0.4 is 0 Å². The van der Waals surface area contributed by atoms with Crippen molar-refractivity contribution >= 4 is 17.5 Å². The normalized spacial score (nSPS) is 13.1. The Balaban J connectivity index is 2.18. The van der Waals surface area contributed by atoms with Crippen molar-refractivity contribution in [3.63, 3.8) is 0 Å². The molecule has 26 heavy (non-hydrogen) atoms. The molecule has 0 aliphatic rings. The number of rotatable bonds is 7. The molecule has 0 bridgehead atoms. The maximum Gasteiger partial charge on any atom is 0.314 e. The van der Waals surface area contributed by atoms with Crippen LogP contribution in [0.4, 0.5) is 0 Å². The van der Waals surface area contributed by atoms with Gasteiger partial charge >= 0.3 is 5.97 Å². The van der Waals surface area contributed by atoms with Gasteiger partial charge in [0.25, 0.3) is 0 Å². The van der Waals surface area contributed by atoms with Gasteiger partial charge in [0, 0.05) is 11.3 Å². The molecule has 2 atom stereocenters. The Morgan fingerprint density at radius 3 is 2.23 bits per heavy atom. The van der Waals surface area contributed by atoms with Crippen LogP contribution in [0.5, 0.6) is 0 Å². The average Bonchev–Trinajstić information content (AvgIpc) is 2.90. The molecule has 0 aliphatic carbocycles. The van der Waals surface area contributed by atoms with Gasteiger partial charge in [-0.2, -0.15) is 0 Å². The number of benzene rings is 1. The van der Waals surface area contributed by atoms with Crippen LogP contribution >= 0.6 is 0 Å². The number of Topliss-reactive ketones (excluding diaryl/α,β-unsaturated/α-hetero) is 2. The van der Waals surface area contributed by atoms with Gasteiger partial charge in [-0.3, -0.25) is 14.4 Å². The van der Waals surface area contributed by atoms with Gasteiger partial charge in [-0.15, -0.1) is 0 Å². The number of hydrogen-bond acceptors (Lipinski definition) is 4. The second-order valence-corrected chi connectivity index (χ2v) is 6.50. The van der Waals surface area contributed by atoms with E-state index in [1.807, 2.05) is 37.3 Å². The molecule has 1 N–H and O–H groups in total. The lowest BCUT2D eigenvalue weighted by Gasteiger charge is -2.18. The van der Waals surface area contributed by atoms with Gasteiger partial charge in [0.1, 0.15) is 0 Å². The predicted octanol–water partition coefficient (Wildman–Crippen LogP) is 4.14. The van der Waals surface area contributed by atoms with Gasteiger partial charge in [0.05, 0.1) is 11.6 Å². The quantitative estimate of drug-likeness (QED) is 0.598. The number of carbonyl (C=O) groups excluding carboxylic acids is 3. The molecule has 0 unspecified atom stereocenters. The van der Waals surface area contributed by atoms with E-state index in [0.29, 0.717) is 28.9 Å². The van der Waals surface area contributed by atoms with Crippen LogP contribution in [-0.4, -0.2) is 28.6 Å². The maximum atomic E-state index is 12.7. The molecule has 0 saturated carbocycles. The number of aromatic nitrogens is 1. The highest BCUT2D eigenvalue weighted by molar-refractivity contribution is 6.05. The topological polar surface area (TPSA) is 76.2 Å². The Kier molecular flexibility index (Phi) is 6.14. The number of hydrogen-bond donors (Lipinski definition) is 1. The molecular formula is C21H25NO4. The molecule has 0 saturated heterocycles. The van der Waals surface area contributed by atoms with Gasteiger partial charge in [0.2, 0.25) is 5.78 Å². The lowest BCUT2D eigenvalue weighted by Crippen LogP contribution is -2.28. The third kappa shape index (κ3) is 3.93. The standard InChI is InChI=1S/C21H25NO4/c1-6-17(16-10-8-7-9-11-16)21(25)26-15(5)20(24)19-12(2)18(14(4)23)13(3)22-19/h7-11,15,17,22H,6H2,1-5H3/t15-,17-/m1/s1. The molecule has 1 heterocycles. The van der Waals surface area contributed by atoms with Crippen LogP contribution in [0.2, 0.25) is 0 Å². The summed E-state index contributed by atoms with van der Waals surface area (Å²) in [6, 6.07) is 9.37. The second kappa shape index (κ2) is 8.13. The van der Waals surface area contributed by atoms with Crippen molar-refractivity contribution < 1.29 is 19.1 Å². The summed E-state index contributed by atoms with van der Waals surface area (Å²) in [7, 11) is 0. The molecule has 1 aromatic heterocycles. The fourth-order valence-electron chi connectivity index (χ4n) is 3.26. The summed E-state index contributed by atoms with van der Waals surface area (Å²) >= 11 is 0. The highest BCUT2D eigenvalue weighted by Gasteiger charge is 2.28. The van der Waals surface area contributed by atoms with Gasteiger partial charge in [-0.1, -0.05) is 37.3 Å². The van der Waals surface area contributed by atoms with Crippen molar-refractivity contribution in [1.29, 1.82) is 0 Å². The molecule has 1 aromatic carbocycles. The van der Waals surface area contributed by atoms with Crippen LogP contribution in [0.15, 0.2) is 30.3 Å². The summed E-state index contributed by atoms with van der Waals surface area (Å²) in [6.07, 6.45) is -0.351. The monoisotopic (exact) mass is 355 g/mol. The molecule has 5 heteroatoms. The number of esters is 1. The van der Waals surface area contributed by atoms with E-state index in [-0.39, 0.29) is 11.6 Å². The number of H-pyrrole nitrogens is 1. The first kappa shape index (κ1) is 19.6. The maximum absolute atomic E-state index is 12.7. The number of ether oxygens (including phenoxy) is 1. The van der Waals surface area contributed by atoms with E-state index in [2.05, 4.69) is 4.98 Å². The van der Waals surface area contributed by atoms with E-state index >= 15 is 0 Å². The zero-order valence-electron chi connectivity index (χ0n) is 15.9. The molecule has 5 nitrogen and oxygen atoms in total. The number of aryl methyl sites for hydroxylation is 1. The summed E-state index contributed by atoms with van der Waals surface area (Å²) < 4.78 is 5.45. The van der Waals surface area contributed by atoms with Crippen LogP contribution in [0.25, 0.3) is 0 Å². The first-order chi connectivity index (χ1) is 12.3. The number of carbonyl (C=O) groups is 3. The van der Waals surface area contributed by atoms with Crippen LogP contribution in [0.1, 0.15) is 70.8 Å². The largest absolute Gasteiger partial charge is 0.454 e. The van der Waals surface area contributed by atoms with E-state index in [1.54, 1.807) is 20.8 Å². The zero-order valence-corrected chi connectivity index (χ0v) is 15.9. The van der Waals surface area contributed by atoms with Crippen molar-refractivity contribution in [2.75, 3.05) is 0 Å². The van der Waals surface area contributed by atoms with Gasteiger partial charge in [0.15, 0.2) is 11.9 Å². The van der Waals surface area contributed by atoms with Crippen molar-refractivity contribution in [3.8, 4) is 0 Å². The summed E-state index contributed by atoms with van der Waals surface area (Å²) in [4.78, 5) is 40.0. The minimum atomic E-state index is -0.933. The first-order valence-corrected chi connectivity index (χ1v) is 8.77. The van der Waals surface area contributed by atoms with Crippen molar-refractivity contribution in [2.45, 2.75) is 53.1 Å². The molecule has 2 aromatic rings. The third-order valence-electron chi connectivity index (χ3n) is 4.59. The van der Waals surface area contributed by atoms with Crippen molar-refractivity contribution in [1.82, 2.24) is 4.98 Å². The molecule has 138 valence electrons. The van der Waals surface area contributed by atoms with E-state index in [0.717, 1.165) is 5.56 Å². The summed E-state index contributed by atoms with van der Waals surface area (Å²) in [5, 5.41) is 0. The van der Waals surface area contributed by atoms with Crippen molar-refractivity contribution in [2.24, 2.45) is 0 Å². The van der Waals surface area contributed by atoms with Crippen molar-refractivity contribution in [3.05, 3.63) is 58.4 Å². The van der Waals surface area contributed by atoms with Gasteiger partial charge in [-0.05, 0) is 45.2 Å². The lowest BCUT2D eigenvalue weighted by atomic mass is 9.96. The fourth-order valence-corrected chi connectivity index (χ4v) is 3.26. The van der Waals surface area contributed by atoms with E-state index in [4.69, 9.17) is 4.74 Å². The third-order valence-corrected chi connectivity index (χ3v) is 4.59. The summed E-state index contributed by atoms with van der Waals surface area (Å²) in [6.45, 7) is 8.40. The van der Waals surface area contributed by atoms with Gasteiger partial charge in [-0.25, -0.2) is 0 Å². The fraction of sp³-hybridized carbons (Fsp3) is 0.381. The highest BCUT2D eigenvalue weighted by atomic mass is 16.5. The zero-order chi connectivity index (χ0) is 19.4. The van der Waals surface area contributed by atoms with Crippen LogP contribution in [-0.2, 0) is 9.53 Å². The SMILES string of the molecule is CC[C@@H](C(=O)O[C@H](C)C(=O)c1[nH]c(C)c(C(C)=O)c1C)c1ccccc1. The molecule has 0 spiro atoms. The van der Waals surface area contributed by atoms with E-state index < -0.39 is 18.0 Å². The summed E-state index contributed by atoms with van der Waals surface area (Å²) in [5.41, 5.74) is 2.94. The Bertz CT molecular complexity index is 820. The molecule has 0 radical (unpaired) electrons. The van der Waals surface area contributed by atoms with Crippen LogP contribution in [0, 0.1) is 13.8 Å². The predicted molar refractivity (Wildman–Crippen MR) is 99.6 cm³/mol. The highest BCUT2D eigenvalue weighted by Crippen LogP contribution is 2.24. The lowest BCUT2D eigenvalue weighted by molar-refractivity contribution is -0.148. The molecule has 2 rings (SSSR count). The summed E-state index contributed by atoms with van der Waals surface area (Å²) in [5.74, 6) is -1.28. The molecule has 0 fully saturated rings. The van der Waals surface area contributed by atoms with Gasteiger partial charge < -0.3 is 9.72 Å². The Morgan fingerprint density at radius 2 is 1.73 bits per heavy atom. The number of ketones is 2. The second-order valence-electron chi connectivity index (χ2n) is 6.50. The van der Waals surface area contributed by atoms with Crippen LogP contribution in [0.3, 0.4) is 0 Å². The smallest absolute Gasteiger partial charge is 0.314 e. The first-order valence-electron chi connectivity index (χ1n) is 8.77. The molecule has 0 amide bonds. The van der Waals surface area contributed by atoms with E-state index in [9.17, 15) is 14.4 Å².